The Labute approximate surface area is 138 Å². The molecule has 1 aromatic heterocycles. The van der Waals surface area contributed by atoms with Gasteiger partial charge in [0.05, 0.1) is 0 Å². The summed E-state index contributed by atoms with van der Waals surface area (Å²) >= 11 is 20.5. The van der Waals surface area contributed by atoms with Crippen LogP contribution in [0.3, 0.4) is 0 Å². The van der Waals surface area contributed by atoms with Crippen molar-refractivity contribution in [3.05, 3.63) is 44.3 Å². The van der Waals surface area contributed by atoms with Crippen LogP contribution in [0.1, 0.15) is 10.6 Å². The van der Waals surface area contributed by atoms with E-state index in [0.29, 0.717) is 20.8 Å². The molecule has 1 heterocycles. The average molecular weight is 369 g/mol. The van der Waals surface area contributed by atoms with Gasteiger partial charge in [0.2, 0.25) is 4.21 Å². The van der Waals surface area contributed by atoms with Gasteiger partial charge in [0.15, 0.2) is 5.01 Å². The van der Waals surface area contributed by atoms with Gasteiger partial charge in [0.1, 0.15) is 5.51 Å². The molecule has 1 amide bonds. The van der Waals surface area contributed by atoms with Crippen LogP contribution in [0.4, 0.5) is 0 Å². The highest BCUT2D eigenvalue weighted by atomic mass is 35.5. The molecule has 0 saturated heterocycles. The van der Waals surface area contributed by atoms with Gasteiger partial charge in [-0.1, -0.05) is 40.9 Å². The van der Waals surface area contributed by atoms with E-state index in [4.69, 9.17) is 40.5 Å². The molecule has 2 rings (SSSR count). The van der Waals surface area contributed by atoms with E-state index in [1.54, 1.807) is 18.2 Å². The van der Waals surface area contributed by atoms with Gasteiger partial charge in [0, 0.05) is 15.8 Å². The van der Waals surface area contributed by atoms with E-state index in [2.05, 4.69) is 10.2 Å². The predicted molar refractivity (Wildman–Crippen MR) is 84.4 cm³/mol. The van der Waals surface area contributed by atoms with Gasteiger partial charge in [-0.15, -0.1) is 33.3 Å². The van der Waals surface area contributed by atoms with Crippen molar-refractivity contribution in [2.45, 2.75) is 9.96 Å². The third kappa shape index (κ3) is 3.38. The number of nitrogens with zero attached hydrogens (tertiary/aromatic N) is 2. The maximum atomic E-state index is 11.6. The van der Waals surface area contributed by atoms with Gasteiger partial charge < -0.3 is 5.73 Å². The molecule has 0 fully saturated rings. The fraction of sp³-hybridized carbons (Fsp3) is 0.182. The van der Waals surface area contributed by atoms with Crippen molar-refractivity contribution in [3.8, 4) is 0 Å². The standard InChI is InChI=1S/C11H8Cl3N3OS2/c12-7-2-1-6(8(13)3-7)4-20-11(14,9(15)18)10-17-16-5-19-10/h1-3,5H,4H2,(H2,15,18). The molecule has 9 heteroatoms. The zero-order chi connectivity index (χ0) is 14.8. The summed E-state index contributed by atoms with van der Waals surface area (Å²) in [6.45, 7) is 0. The lowest BCUT2D eigenvalue weighted by atomic mass is 10.2. The number of thioether (sulfide) groups is 1. The summed E-state index contributed by atoms with van der Waals surface area (Å²) < 4.78 is -1.45. The Hall–Kier alpha value is -0.530. The number of carbonyl (C=O) groups is 1. The summed E-state index contributed by atoms with van der Waals surface area (Å²) in [5.41, 5.74) is 7.68. The Balaban J connectivity index is 2.20. The zero-order valence-corrected chi connectivity index (χ0v) is 13.7. The molecule has 0 aliphatic carbocycles. The minimum Gasteiger partial charge on any atom is -0.367 e. The van der Waals surface area contributed by atoms with Crippen LogP contribution in [0.5, 0.6) is 0 Å². The summed E-state index contributed by atoms with van der Waals surface area (Å²) in [7, 11) is 0. The molecule has 0 spiro atoms. The monoisotopic (exact) mass is 367 g/mol. The number of halogens is 3. The van der Waals surface area contributed by atoms with Crippen molar-refractivity contribution < 1.29 is 4.79 Å². The lowest BCUT2D eigenvalue weighted by molar-refractivity contribution is -0.118. The van der Waals surface area contributed by atoms with Gasteiger partial charge in [-0.3, -0.25) is 4.79 Å². The highest BCUT2D eigenvalue weighted by molar-refractivity contribution is 8.01. The second kappa shape index (κ2) is 6.49. The summed E-state index contributed by atoms with van der Waals surface area (Å²) in [5, 5.41) is 8.89. The second-order valence-corrected chi connectivity index (χ2v) is 7.39. The summed E-state index contributed by atoms with van der Waals surface area (Å²) in [6, 6.07) is 5.12. The molecule has 0 aliphatic rings. The molecule has 0 aliphatic heterocycles. The first-order valence-corrected chi connectivity index (χ1v) is 8.26. The fourth-order valence-electron chi connectivity index (χ4n) is 1.37. The van der Waals surface area contributed by atoms with Crippen LogP contribution in [-0.4, -0.2) is 16.1 Å². The number of carbonyl (C=O) groups excluding carboxylic acids is 1. The minimum absolute atomic E-state index is 0.349. The van der Waals surface area contributed by atoms with E-state index in [1.165, 1.54) is 16.8 Å². The third-order valence-corrected chi connectivity index (χ3v) is 5.97. The summed E-state index contributed by atoms with van der Waals surface area (Å²) in [4.78, 5) is 11.6. The number of benzene rings is 1. The van der Waals surface area contributed by atoms with Crippen molar-refractivity contribution >= 4 is 63.8 Å². The van der Waals surface area contributed by atoms with Crippen LogP contribution in [0, 0.1) is 0 Å². The van der Waals surface area contributed by atoms with Crippen LogP contribution in [0.2, 0.25) is 10.0 Å². The van der Waals surface area contributed by atoms with Crippen molar-refractivity contribution in [3.63, 3.8) is 0 Å². The molecule has 1 aromatic carbocycles. The lowest BCUT2D eigenvalue weighted by Gasteiger charge is -2.20. The first-order chi connectivity index (χ1) is 9.43. The Morgan fingerprint density at radius 2 is 2.20 bits per heavy atom. The Kier molecular flexibility index (Phi) is 5.14. The molecule has 4 nitrogen and oxygen atoms in total. The average Bonchev–Trinajstić information content (AvgIpc) is 2.91. The maximum absolute atomic E-state index is 11.6. The minimum atomic E-state index is -1.45. The van der Waals surface area contributed by atoms with Gasteiger partial charge in [-0.25, -0.2) is 0 Å². The van der Waals surface area contributed by atoms with Crippen molar-refractivity contribution in [2.24, 2.45) is 5.73 Å². The normalized spacial score (nSPS) is 13.9. The first kappa shape index (κ1) is 15.9. The second-order valence-electron chi connectivity index (χ2n) is 3.73. The molecule has 1 atom stereocenters. The van der Waals surface area contributed by atoms with E-state index in [-0.39, 0.29) is 0 Å². The van der Waals surface area contributed by atoms with Crippen LogP contribution >= 0.6 is 57.9 Å². The number of nitrogens with two attached hydrogens (primary N) is 1. The van der Waals surface area contributed by atoms with Gasteiger partial charge >= 0.3 is 0 Å². The summed E-state index contributed by atoms with van der Waals surface area (Å²) in [6.07, 6.45) is 0. The lowest BCUT2D eigenvalue weighted by Crippen LogP contribution is -2.33. The Morgan fingerprint density at radius 1 is 1.45 bits per heavy atom. The molecular formula is C11H8Cl3N3OS2. The first-order valence-electron chi connectivity index (χ1n) is 5.27. The predicted octanol–water partition coefficient (Wildman–Crippen LogP) is 3.66. The highest BCUT2D eigenvalue weighted by Crippen LogP contribution is 2.43. The summed E-state index contributed by atoms with van der Waals surface area (Å²) in [5.74, 6) is -0.298. The molecule has 2 aromatic rings. The van der Waals surface area contributed by atoms with Crippen LogP contribution in [0.25, 0.3) is 0 Å². The zero-order valence-electron chi connectivity index (χ0n) is 9.85. The molecule has 1 unspecified atom stereocenters. The fourth-order valence-corrected chi connectivity index (χ4v) is 4.03. The van der Waals surface area contributed by atoms with Gasteiger partial charge in [-0.05, 0) is 17.7 Å². The molecule has 0 radical (unpaired) electrons. The van der Waals surface area contributed by atoms with Crippen molar-refractivity contribution in [2.75, 3.05) is 0 Å². The molecule has 0 saturated carbocycles. The van der Waals surface area contributed by atoms with Gasteiger partial charge in [-0.2, -0.15) is 0 Å². The maximum Gasteiger partial charge on any atom is 0.256 e. The SMILES string of the molecule is NC(=O)C(Cl)(SCc1ccc(Cl)cc1Cl)c1nncs1. The number of amides is 1. The smallest absolute Gasteiger partial charge is 0.256 e. The van der Waals surface area contributed by atoms with E-state index in [9.17, 15) is 4.79 Å². The highest BCUT2D eigenvalue weighted by Gasteiger charge is 2.40. The topological polar surface area (TPSA) is 68.9 Å². The molecule has 2 N–H and O–H groups in total. The quantitative estimate of drug-likeness (QED) is 0.818. The van der Waals surface area contributed by atoms with Crippen molar-refractivity contribution in [1.29, 1.82) is 0 Å². The molecular weight excluding hydrogens is 361 g/mol. The number of aromatic nitrogens is 2. The van der Waals surface area contributed by atoms with Crippen LogP contribution in [0.15, 0.2) is 23.7 Å². The van der Waals surface area contributed by atoms with Gasteiger partial charge in [0.25, 0.3) is 5.91 Å². The third-order valence-electron chi connectivity index (χ3n) is 2.39. The Morgan fingerprint density at radius 3 is 2.75 bits per heavy atom. The number of alkyl halides is 1. The number of rotatable bonds is 5. The van der Waals surface area contributed by atoms with E-state index in [0.717, 1.165) is 17.3 Å². The van der Waals surface area contributed by atoms with E-state index in [1.807, 2.05) is 0 Å². The van der Waals surface area contributed by atoms with Crippen molar-refractivity contribution in [1.82, 2.24) is 10.2 Å². The van der Waals surface area contributed by atoms with Crippen LogP contribution in [-0.2, 0) is 14.8 Å². The Bertz CT molecular complexity index is 623. The molecule has 106 valence electrons. The number of hydrogen-bond donors (Lipinski definition) is 1. The molecule has 0 bridgehead atoms. The van der Waals surface area contributed by atoms with Crippen LogP contribution < -0.4 is 5.73 Å². The molecule has 20 heavy (non-hydrogen) atoms. The number of hydrogen-bond acceptors (Lipinski definition) is 5. The number of primary amides is 1. The largest absolute Gasteiger partial charge is 0.367 e. The van der Waals surface area contributed by atoms with E-state index >= 15 is 0 Å². The van der Waals surface area contributed by atoms with E-state index < -0.39 is 10.1 Å².